The van der Waals surface area contributed by atoms with Crippen LogP contribution in [0.5, 0.6) is 0 Å². The second kappa shape index (κ2) is 3.39. The molecule has 0 aliphatic rings. The predicted molar refractivity (Wildman–Crippen MR) is 65.6 cm³/mol. The molecule has 1 aromatic carbocycles. The summed E-state index contributed by atoms with van der Waals surface area (Å²) in [6, 6.07) is 3.96. The highest BCUT2D eigenvalue weighted by atomic mass is 35.5. The lowest BCUT2D eigenvalue weighted by Gasteiger charge is -2.00. The van der Waals surface area contributed by atoms with Gasteiger partial charge in [-0.05, 0) is 18.6 Å². The van der Waals surface area contributed by atoms with Gasteiger partial charge in [0.05, 0.1) is 11.7 Å². The van der Waals surface area contributed by atoms with Gasteiger partial charge in [0.1, 0.15) is 0 Å². The maximum atomic E-state index is 6.08. The van der Waals surface area contributed by atoms with E-state index >= 15 is 0 Å². The molecule has 0 aliphatic carbocycles. The van der Waals surface area contributed by atoms with E-state index in [2.05, 4.69) is 15.2 Å². The Kier molecular flexibility index (Phi) is 2.01. The van der Waals surface area contributed by atoms with Gasteiger partial charge in [0.2, 0.25) is 0 Å². The Labute approximate surface area is 97.4 Å². The van der Waals surface area contributed by atoms with Crippen molar-refractivity contribution in [1.82, 2.24) is 15.2 Å². The number of aromatic amines is 2. The van der Waals surface area contributed by atoms with E-state index in [4.69, 9.17) is 11.6 Å². The molecule has 0 aliphatic heterocycles. The maximum absolute atomic E-state index is 6.08. The lowest BCUT2D eigenvalue weighted by molar-refractivity contribution is 1.09. The topological polar surface area (TPSA) is 44.5 Å². The first-order valence-electron chi connectivity index (χ1n) is 5.02. The summed E-state index contributed by atoms with van der Waals surface area (Å²) in [5.74, 6) is 0. The quantitative estimate of drug-likeness (QED) is 0.661. The van der Waals surface area contributed by atoms with Crippen LogP contribution in [0.15, 0.2) is 30.7 Å². The van der Waals surface area contributed by atoms with Gasteiger partial charge in [0.15, 0.2) is 0 Å². The number of hydrogen-bond acceptors (Lipinski definition) is 1. The monoisotopic (exact) mass is 231 g/mol. The van der Waals surface area contributed by atoms with Gasteiger partial charge in [0.25, 0.3) is 0 Å². The second-order valence-electron chi connectivity index (χ2n) is 3.78. The number of benzene rings is 1. The fraction of sp³-hybridized carbons (Fsp3) is 0.0833. The molecule has 2 heterocycles. The van der Waals surface area contributed by atoms with Crippen molar-refractivity contribution in [1.29, 1.82) is 0 Å². The zero-order valence-electron chi connectivity index (χ0n) is 8.71. The lowest BCUT2D eigenvalue weighted by atomic mass is 10.1. The van der Waals surface area contributed by atoms with Crippen molar-refractivity contribution in [3.8, 4) is 11.1 Å². The summed E-state index contributed by atoms with van der Waals surface area (Å²) in [6.07, 6.45) is 5.68. The van der Waals surface area contributed by atoms with Crippen LogP contribution in [0.25, 0.3) is 22.0 Å². The van der Waals surface area contributed by atoms with Crippen molar-refractivity contribution in [3.05, 3.63) is 41.3 Å². The average molecular weight is 232 g/mol. The maximum Gasteiger partial charge on any atom is 0.0566 e. The molecule has 0 saturated heterocycles. The Balaban J connectivity index is 2.34. The van der Waals surface area contributed by atoms with Crippen LogP contribution in [0.3, 0.4) is 0 Å². The Hall–Kier alpha value is -1.74. The first-order valence-corrected chi connectivity index (χ1v) is 5.40. The summed E-state index contributed by atoms with van der Waals surface area (Å²) in [5.41, 5.74) is 4.38. The van der Waals surface area contributed by atoms with Gasteiger partial charge in [-0.1, -0.05) is 17.7 Å². The van der Waals surface area contributed by atoms with Gasteiger partial charge in [-0.15, -0.1) is 0 Å². The van der Waals surface area contributed by atoms with Gasteiger partial charge in [0, 0.05) is 33.9 Å². The van der Waals surface area contributed by atoms with Crippen LogP contribution in [-0.4, -0.2) is 15.2 Å². The summed E-state index contributed by atoms with van der Waals surface area (Å²) < 4.78 is 0. The van der Waals surface area contributed by atoms with Crippen molar-refractivity contribution in [2.75, 3.05) is 0 Å². The minimum Gasteiger partial charge on any atom is -0.360 e. The van der Waals surface area contributed by atoms with Gasteiger partial charge in [-0.2, -0.15) is 5.10 Å². The molecule has 16 heavy (non-hydrogen) atoms. The molecule has 0 bridgehead atoms. The third-order valence-corrected chi connectivity index (χ3v) is 3.27. The van der Waals surface area contributed by atoms with Crippen molar-refractivity contribution < 1.29 is 0 Å². The number of hydrogen-bond donors (Lipinski definition) is 2. The molecule has 3 rings (SSSR count). The number of H-pyrrole nitrogens is 2. The molecule has 0 spiro atoms. The van der Waals surface area contributed by atoms with E-state index in [0.29, 0.717) is 0 Å². The molecule has 4 heteroatoms. The molecule has 2 aromatic heterocycles. The summed E-state index contributed by atoms with van der Waals surface area (Å²) in [5, 5.41) is 8.73. The number of fused-ring (bicyclic) bond motifs is 1. The molecular formula is C12H10ClN3. The van der Waals surface area contributed by atoms with Crippen molar-refractivity contribution in [2.45, 2.75) is 6.92 Å². The van der Waals surface area contributed by atoms with Crippen molar-refractivity contribution >= 4 is 22.5 Å². The van der Waals surface area contributed by atoms with Crippen LogP contribution in [0, 0.1) is 6.92 Å². The highest BCUT2D eigenvalue weighted by molar-refractivity contribution is 6.32. The molecule has 2 N–H and O–H groups in total. The number of nitrogens with zero attached hydrogens (tertiary/aromatic N) is 1. The van der Waals surface area contributed by atoms with E-state index in [0.717, 1.165) is 27.2 Å². The van der Waals surface area contributed by atoms with Crippen LogP contribution in [-0.2, 0) is 0 Å². The molecule has 3 aromatic rings. The Morgan fingerprint density at radius 2 is 2.12 bits per heavy atom. The van der Waals surface area contributed by atoms with Crippen LogP contribution < -0.4 is 0 Å². The molecule has 0 fully saturated rings. The Morgan fingerprint density at radius 1 is 1.25 bits per heavy atom. The summed E-state index contributed by atoms with van der Waals surface area (Å²) in [4.78, 5) is 3.26. The average Bonchev–Trinajstić information content (AvgIpc) is 2.91. The molecule has 0 amide bonds. The van der Waals surface area contributed by atoms with E-state index in [1.54, 1.807) is 0 Å². The normalized spacial score (nSPS) is 11.1. The van der Waals surface area contributed by atoms with E-state index < -0.39 is 0 Å². The number of rotatable bonds is 1. The highest BCUT2D eigenvalue weighted by Crippen LogP contribution is 2.32. The molecule has 0 atom stereocenters. The first kappa shape index (κ1) is 9.48. The predicted octanol–water partition coefficient (Wildman–Crippen LogP) is 3.52. The van der Waals surface area contributed by atoms with Gasteiger partial charge in [-0.25, -0.2) is 0 Å². The molecule has 0 saturated carbocycles. The van der Waals surface area contributed by atoms with Gasteiger partial charge in [-0.3, -0.25) is 5.10 Å². The fourth-order valence-corrected chi connectivity index (χ4v) is 2.11. The first-order chi connectivity index (χ1) is 7.77. The van der Waals surface area contributed by atoms with Gasteiger partial charge >= 0.3 is 0 Å². The van der Waals surface area contributed by atoms with Crippen LogP contribution in [0.2, 0.25) is 5.02 Å². The SMILES string of the molecule is Cc1c(Cl)ccc2c(-c3cn[nH]c3)c[nH]c12. The smallest absolute Gasteiger partial charge is 0.0566 e. The highest BCUT2D eigenvalue weighted by Gasteiger charge is 2.09. The van der Waals surface area contributed by atoms with E-state index in [1.165, 1.54) is 5.39 Å². The molecule has 0 radical (unpaired) electrons. The molecule has 3 nitrogen and oxygen atoms in total. The fourth-order valence-electron chi connectivity index (χ4n) is 1.96. The van der Waals surface area contributed by atoms with Crippen LogP contribution >= 0.6 is 11.6 Å². The largest absolute Gasteiger partial charge is 0.360 e. The minimum atomic E-state index is 0.785. The second-order valence-corrected chi connectivity index (χ2v) is 4.19. The van der Waals surface area contributed by atoms with E-state index in [9.17, 15) is 0 Å². The third kappa shape index (κ3) is 1.25. The number of halogens is 1. The summed E-state index contributed by atoms with van der Waals surface area (Å²) >= 11 is 6.08. The van der Waals surface area contributed by atoms with E-state index in [-0.39, 0.29) is 0 Å². The molecule has 80 valence electrons. The number of aromatic nitrogens is 3. The summed E-state index contributed by atoms with van der Waals surface area (Å²) in [7, 11) is 0. The zero-order valence-corrected chi connectivity index (χ0v) is 9.47. The minimum absolute atomic E-state index is 0.785. The van der Waals surface area contributed by atoms with Gasteiger partial charge < -0.3 is 4.98 Å². The Morgan fingerprint density at radius 3 is 2.88 bits per heavy atom. The summed E-state index contributed by atoms with van der Waals surface area (Å²) in [6.45, 7) is 2.01. The van der Waals surface area contributed by atoms with Crippen LogP contribution in [0.4, 0.5) is 0 Å². The van der Waals surface area contributed by atoms with E-state index in [1.807, 2.05) is 37.6 Å². The number of aryl methyl sites for hydroxylation is 1. The number of nitrogens with one attached hydrogen (secondary N) is 2. The molecule has 0 unspecified atom stereocenters. The third-order valence-electron chi connectivity index (χ3n) is 2.86. The van der Waals surface area contributed by atoms with Crippen LogP contribution in [0.1, 0.15) is 5.56 Å². The van der Waals surface area contributed by atoms with Crippen molar-refractivity contribution in [3.63, 3.8) is 0 Å². The lowest BCUT2D eigenvalue weighted by Crippen LogP contribution is -1.78. The Bertz CT molecular complexity index is 638. The molecular weight excluding hydrogens is 222 g/mol. The zero-order chi connectivity index (χ0) is 11.1. The standard InChI is InChI=1S/C12H10ClN3/c1-7-11(13)3-2-9-10(6-14-12(7)9)8-4-15-16-5-8/h2-6,14H,1H3,(H,15,16). The van der Waals surface area contributed by atoms with Crippen molar-refractivity contribution in [2.24, 2.45) is 0 Å².